The van der Waals surface area contributed by atoms with E-state index < -0.39 is 10.0 Å². The van der Waals surface area contributed by atoms with Crippen LogP contribution in [0.4, 0.5) is 5.69 Å². The van der Waals surface area contributed by atoms with Crippen molar-refractivity contribution in [2.45, 2.75) is 24.7 Å². The molecule has 0 atom stereocenters. The first-order chi connectivity index (χ1) is 11.8. The molecule has 7 heteroatoms. The fraction of sp³-hybridized carbons (Fsp3) is 0.278. The maximum Gasteiger partial charge on any atom is 0.255 e. The van der Waals surface area contributed by atoms with Crippen molar-refractivity contribution in [2.75, 3.05) is 19.5 Å². The van der Waals surface area contributed by atoms with Gasteiger partial charge in [0.25, 0.3) is 5.91 Å². The molecule has 0 heterocycles. The molecule has 0 saturated carbocycles. The Bertz CT molecular complexity index is 876. The zero-order valence-corrected chi connectivity index (χ0v) is 15.5. The molecule has 0 saturated heterocycles. The highest BCUT2D eigenvalue weighted by Gasteiger charge is 2.20. The number of ether oxygens (including phenoxy) is 1. The number of rotatable bonds is 6. The number of hydrogen-bond acceptors (Lipinski definition) is 4. The van der Waals surface area contributed by atoms with E-state index in [1.165, 1.54) is 32.4 Å². The van der Waals surface area contributed by atoms with Crippen molar-refractivity contribution in [2.24, 2.45) is 0 Å². The van der Waals surface area contributed by atoms with Crippen LogP contribution in [0.3, 0.4) is 0 Å². The first-order valence-corrected chi connectivity index (χ1v) is 9.30. The summed E-state index contributed by atoms with van der Waals surface area (Å²) in [6, 6.07) is 11.8. The summed E-state index contributed by atoms with van der Waals surface area (Å²) in [6.45, 7) is 4.08. The molecule has 0 aliphatic heterocycles. The van der Waals surface area contributed by atoms with Gasteiger partial charge in [-0.1, -0.05) is 32.0 Å². The Labute approximate surface area is 148 Å². The third kappa shape index (κ3) is 4.18. The lowest BCUT2D eigenvalue weighted by molar-refractivity contribution is 0.102. The standard InChI is InChI=1S/C18H22N2O4S/c1-12(2)14-7-5-6-8-15(14)20-18(21)13-9-10-16(24-4)17(11-13)25(22,23)19-3/h5-12,19H,1-4H3,(H,20,21). The lowest BCUT2D eigenvalue weighted by atomic mass is 10.0. The van der Waals surface area contributed by atoms with Gasteiger partial charge in [0.15, 0.2) is 0 Å². The van der Waals surface area contributed by atoms with Crippen molar-refractivity contribution in [3.8, 4) is 5.75 Å². The molecule has 2 rings (SSSR count). The van der Waals surface area contributed by atoms with Crippen LogP contribution in [-0.4, -0.2) is 28.5 Å². The number of hydrogen-bond donors (Lipinski definition) is 2. The predicted molar refractivity (Wildman–Crippen MR) is 97.7 cm³/mol. The van der Waals surface area contributed by atoms with E-state index in [2.05, 4.69) is 10.0 Å². The second-order valence-electron chi connectivity index (χ2n) is 5.77. The van der Waals surface area contributed by atoms with Crippen molar-refractivity contribution >= 4 is 21.6 Å². The SMILES string of the molecule is CNS(=O)(=O)c1cc(C(=O)Nc2ccccc2C(C)C)ccc1OC. The van der Waals surface area contributed by atoms with Gasteiger partial charge in [0.1, 0.15) is 10.6 Å². The van der Waals surface area contributed by atoms with Gasteiger partial charge in [0.05, 0.1) is 7.11 Å². The Hall–Kier alpha value is -2.38. The second-order valence-corrected chi connectivity index (χ2v) is 7.62. The molecule has 0 aliphatic rings. The van der Waals surface area contributed by atoms with E-state index in [4.69, 9.17) is 4.74 Å². The fourth-order valence-electron chi connectivity index (χ4n) is 2.45. The summed E-state index contributed by atoms with van der Waals surface area (Å²) in [6.07, 6.45) is 0. The van der Waals surface area contributed by atoms with Crippen LogP contribution in [0.1, 0.15) is 35.7 Å². The zero-order chi connectivity index (χ0) is 18.6. The average molecular weight is 362 g/mol. The maximum atomic E-state index is 12.6. The fourth-order valence-corrected chi connectivity index (χ4v) is 3.36. The number of para-hydroxylation sites is 1. The van der Waals surface area contributed by atoms with Crippen molar-refractivity contribution in [3.63, 3.8) is 0 Å². The van der Waals surface area contributed by atoms with Crippen LogP contribution in [0.5, 0.6) is 5.75 Å². The number of anilines is 1. The molecule has 0 bridgehead atoms. The van der Waals surface area contributed by atoms with Crippen molar-refractivity contribution in [1.82, 2.24) is 4.72 Å². The minimum absolute atomic E-state index is 0.0812. The minimum Gasteiger partial charge on any atom is -0.495 e. The molecule has 0 radical (unpaired) electrons. The highest BCUT2D eigenvalue weighted by molar-refractivity contribution is 7.89. The molecule has 0 spiro atoms. The van der Waals surface area contributed by atoms with E-state index in [1.54, 1.807) is 0 Å². The van der Waals surface area contributed by atoms with Gasteiger partial charge in [-0.3, -0.25) is 4.79 Å². The summed E-state index contributed by atoms with van der Waals surface area (Å²) in [5.41, 5.74) is 1.94. The van der Waals surface area contributed by atoms with Crippen LogP contribution in [0, 0.1) is 0 Å². The molecule has 2 N–H and O–H groups in total. The first kappa shape index (κ1) is 19.0. The zero-order valence-electron chi connectivity index (χ0n) is 14.7. The Morgan fingerprint density at radius 3 is 2.40 bits per heavy atom. The number of carbonyl (C=O) groups excluding carboxylic acids is 1. The number of nitrogens with one attached hydrogen (secondary N) is 2. The van der Waals surface area contributed by atoms with Gasteiger partial charge in [-0.25, -0.2) is 13.1 Å². The van der Waals surface area contributed by atoms with E-state index in [-0.39, 0.29) is 28.0 Å². The van der Waals surface area contributed by atoms with Crippen molar-refractivity contribution in [1.29, 1.82) is 0 Å². The van der Waals surface area contributed by atoms with Crippen LogP contribution in [-0.2, 0) is 10.0 Å². The topological polar surface area (TPSA) is 84.5 Å². The highest BCUT2D eigenvalue weighted by atomic mass is 32.2. The summed E-state index contributed by atoms with van der Waals surface area (Å²) < 4.78 is 31.6. The van der Waals surface area contributed by atoms with Gasteiger partial charge < -0.3 is 10.1 Å². The van der Waals surface area contributed by atoms with Gasteiger partial charge in [-0.05, 0) is 42.8 Å². The molecule has 0 unspecified atom stereocenters. The molecule has 0 aliphatic carbocycles. The Morgan fingerprint density at radius 2 is 1.80 bits per heavy atom. The molecule has 2 aromatic rings. The van der Waals surface area contributed by atoms with Crippen LogP contribution in [0.2, 0.25) is 0 Å². The number of carbonyl (C=O) groups is 1. The molecule has 134 valence electrons. The molecule has 1 amide bonds. The molecule has 6 nitrogen and oxygen atoms in total. The quantitative estimate of drug-likeness (QED) is 0.827. The summed E-state index contributed by atoms with van der Waals surface area (Å²) in [5.74, 6) is 0.0318. The van der Waals surface area contributed by atoms with E-state index in [0.29, 0.717) is 5.69 Å². The third-order valence-electron chi connectivity index (χ3n) is 3.82. The number of amides is 1. The lowest BCUT2D eigenvalue weighted by Crippen LogP contribution is -2.21. The summed E-state index contributed by atoms with van der Waals surface area (Å²) in [4.78, 5) is 12.5. The van der Waals surface area contributed by atoms with Crippen LogP contribution >= 0.6 is 0 Å². The summed E-state index contributed by atoms with van der Waals surface area (Å²) in [7, 11) is -1.06. The van der Waals surface area contributed by atoms with E-state index in [1.807, 2.05) is 38.1 Å². The van der Waals surface area contributed by atoms with Crippen LogP contribution < -0.4 is 14.8 Å². The molecule has 0 aromatic heterocycles. The van der Waals surface area contributed by atoms with Crippen LogP contribution in [0.25, 0.3) is 0 Å². The lowest BCUT2D eigenvalue weighted by Gasteiger charge is -2.14. The normalized spacial score (nSPS) is 11.4. The van der Waals surface area contributed by atoms with Gasteiger partial charge in [-0.15, -0.1) is 0 Å². The molecule has 2 aromatic carbocycles. The van der Waals surface area contributed by atoms with Crippen LogP contribution in [0.15, 0.2) is 47.4 Å². The van der Waals surface area contributed by atoms with Gasteiger partial charge >= 0.3 is 0 Å². The molecule has 0 fully saturated rings. The van der Waals surface area contributed by atoms with Crippen molar-refractivity contribution in [3.05, 3.63) is 53.6 Å². The van der Waals surface area contributed by atoms with Gasteiger partial charge in [0.2, 0.25) is 10.0 Å². The molecular weight excluding hydrogens is 340 g/mol. The first-order valence-electron chi connectivity index (χ1n) is 7.82. The molecular formula is C18H22N2O4S. The van der Waals surface area contributed by atoms with E-state index >= 15 is 0 Å². The largest absolute Gasteiger partial charge is 0.495 e. The van der Waals surface area contributed by atoms with Crippen molar-refractivity contribution < 1.29 is 17.9 Å². The number of benzene rings is 2. The van der Waals surface area contributed by atoms with Gasteiger partial charge in [-0.2, -0.15) is 0 Å². The monoisotopic (exact) mass is 362 g/mol. The smallest absolute Gasteiger partial charge is 0.255 e. The summed E-state index contributed by atoms with van der Waals surface area (Å²) in [5, 5.41) is 2.85. The Kier molecular flexibility index (Phi) is 5.81. The Morgan fingerprint density at radius 1 is 1.12 bits per heavy atom. The minimum atomic E-state index is -3.75. The predicted octanol–water partition coefficient (Wildman–Crippen LogP) is 2.98. The van der Waals surface area contributed by atoms with Gasteiger partial charge in [0, 0.05) is 11.3 Å². The Balaban J connectivity index is 2.40. The van der Waals surface area contributed by atoms with E-state index in [0.717, 1.165) is 5.56 Å². The van der Waals surface area contributed by atoms with E-state index in [9.17, 15) is 13.2 Å². The average Bonchev–Trinajstić information content (AvgIpc) is 2.61. The summed E-state index contributed by atoms with van der Waals surface area (Å²) >= 11 is 0. The maximum absolute atomic E-state index is 12.6. The number of methoxy groups -OCH3 is 1. The molecule has 25 heavy (non-hydrogen) atoms. The highest BCUT2D eigenvalue weighted by Crippen LogP contribution is 2.27. The second kappa shape index (κ2) is 7.67. The third-order valence-corrected chi connectivity index (χ3v) is 5.25. The number of sulfonamides is 1.